The van der Waals surface area contributed by atoms with Gasteiger partial charge in [-0.25, -0.2) is 14.4 Å². The Balaban J connectivity index is 0.878. The van der Waals surface area contributed by atoms with E-state index in [1.165, 1.54) is 30.3 Å². The van der Waals surface area contributed by atoms with E-state index in [1.807, 2.05) is 49.3 Å². The third kappa shape index (κ3) is 8.51. The van der Waals surface area contributed by atoms with Crippen LogP contribution in [0.2, 0.25) is 0 Å². The van der Waals surface area contributed by atoms with Gasteiger partial charge in [-0.2, -0.15) is 15.5 Å². The minimum absolute atomic E-state index is 0.0276. The minimum Gasteiger partial charge on any atom is -0.508 e. The number of carbonyl (C=O) groups excluding carboxylic acids is 4. The average Bonchev–Trinajstić information content (AvgIpc) is 3.59. The Kier molecular flexibility index (Phi) is 11.6. The number of phenolic OH excluding ortho intramolecular Hbond substituents is 1. The number of nitriles is 1. The van der Waals surface area contributed by atoms with Gasteiger partial charge in [-0.05, 0) is 109 Å². The Bertz CT molecular complexity index is 2880. The van der Waals surface area contributed by atoms with Crippen LogP contribution in [0.15, 0.2) is 149 Å². The Morgan fingerprint density at radius 2 is 1.46 bits per heavy atom. The van der Waals surface area contributed by atoms with Gasteiger partial charge >= 0.3 is 17.9 Å². The smallest absolute Gasteiger partial charge is 0.348 e. The first-order valence-corrected chi connectivity index (χ1v) is 20.0. The summed E-state index contributed by atoms with van der Waals surface area (Å²) >= 11 is 0. The van der Waals surface area contributed by atoms with Crippen molar-refractivity contribution in [2.45, 2.75) is 24.9 Å². The van der Waals surface area contributed by atoms with Crippen LogP contribution in [0.1, 0.15) is 72.6 Å². The zero-order valence-corrected chi connectivity index (χ0v) is 34.1. The summed E-state index contributed by atoms with van der Waals surface area (Å²) in [5.74, 6) is -1.76. The molecule has 2 aliphatic rings. The van der Waals surface area contributed by atoms with Crippen LogP contribution in [0.25, 0.3) is 6.08 Å². The fourth-order valence-corrected chi connectivity index (χ4v) is 7.39. The molecule has 1 spiro atoms. The minimum atomic E-state index is -1.38. The second kappa shape index (κ2) is 17.7. The van der Waals surface area contributed by atoms with Gasteiger partial charge in [-0.1, -0.05) is 36.4 Å². The number of azo groups is 1. The third-order valence-corrected chi connectivity index (χ3v) is 10.6. The van der Waals surface area contributed by atoms with Crippen molar-refractivity contribution >= 4 is 46.8 Å². The van der Waals surface area contributed by atoms with Gasteiger partial charge in [0.2, 0.25) is 0 Å². The Hall–Kier alpha value is -8.37. The molecule has 1 atom stereocenters. The van der Waals surface area contributed by atoms with Crippen molar-refractivity contribution in [3.05, 3.63) is 178 Å². The lowest BCUT2D eigenvalue weighted by molar-refractivity contribution is -0.138. The lowest BCUT2D eigenvalue weighted by atomic mass is 9.77. The SMILES string of the molecule is CN(C)c1ccc(N=Nc2ccc(C(=O)CCCCOC(=O)/C(C#N)=C/c3ccccc3C(=O)Oc3ccc4c(c3)Oc3cc(O)ccc3C43OC(=O)c4ccccc43)cc2)cc1. The number of hydrogen-bond donors (Lipinski definition) is 1. The number of ketones is 1. The Morgan fingerprint density at radius 3 is 2.19 bits per heavy atom. The summed E-state index contributed by atoms with van der Waals surface area (Å²) in [7, 11) is 3.92. The Morgan fingerprint density at radius 1 is 0.794 bits per heavy atom. The summed E-state index contributed by atoms with van der Waals surface area (Å²) in [6, 6.07) is 38.9. The first-order chi connectivity index (χ1) is 30.5. The average molecular weight is 839 g/mol. The van der Waals surface area contributed by atoms with E-state index in [1.54, 1.807) is 84.9 Å². The van der Waals surface area contributed by atoms with Crippen molar-refractivity contribution < 1.29 is 43.2 Å². The van der Waals surface area contributed by atoms with Gasteiger partial charge < -0.3 is 29.0 Å². The normalized spacial score (nSPS) is 14.7. The highest BCUT2D eigenvalue weighted by Gasteiger charge is 2.53. The largest absolute Gasteiger partial charge is 0.508 e. The summed E-state index contributed by atoms with van der Waals surface area (Å²) in [6.45, 7) is -0.0276. The van der Waals surface area contributed by atoms with E-state index in [-0.39, 0.29) is 58.5 Å². The summed E-state index contributed by atoms with van der Waals surface area (Å²) < 4.78 is 23.4. The van der Waals surface area contributed by atoms with E-state index >= 15 is 0 Å². The number of benzene rings is 6. The number of anilines is 1. The first-order valence-electron chi connectivity index (χ1n) is 20.0. The lowest BCUT2D eigenvalue weighted by Crippen LogP contribution is -2.33. The highest BCUT2D eigenvalue weighted by Crippen LogP contribution is 2.57. The lowest BCUT2D eigenvalue weighted by Gasteiger charge is -2.36. The maximum atomic E-state index is 13.6. The molecule has 0 fully saturated rings. The number of hydrogen-bond acceptors (Lipinski definition) is 13. The van der Waals surface area contributed by atoms with E-state index in [9.17, 15) is 29.5 Å². The Labute approximate surface area is 362 Å². The van der Waals surface area contributed by atoms with Crippen molar-refractivity contribution in [3.63, 3.8) is 0 Å². The van der Waals surface area contributed by atoms with Crippen LogP contribution in [0, 0.1) is 11.3 Å². The standard InChI is InChI=1S/C50H38N4O9/c1-54(2)36-20-18-35(19-21-36)53-52-34-16-14-31(15-17-34)44(56)13-7-8-26-60-47(57)33(30-51)27-32-9-3-4-10-39(32)48(58)61-38-23-25-43-46(29-38)62-45-28-37(55)22-24-42(45)50(43)41-12-6-5-11-40(41)49(59)63-50/h3-6,9-12,14-25,27-29,55H,7-8,13,26H2,1-2H3/b33-27+,53-52?. The van der Waals surface area contributed by atoms with Gasteiger partial charge in [-0.15, -0.1) is 0 Å². The molecule has 312 valence electrons. The number of nitrogens with zero attached hydrogens (tertiary/aromatic N) is 4. The molecule has 1 N–H and O–H groups in total. The van der Waals surface area contributed by atoms with Crippen LogP contribution in [0.3, 0.4) is 0 Å². The van der Waals surface area contributed by atoms with Gasteiger partial charge in [0.25, 0.3) is 0 Å². The molecule has 13 heteroatoms. The third-order valence-electron chi connectivity index (χ3n) is 10.6. The zero-order valence-electron chi connectivity index (χ0n) is 34.1. The van der Waals surface area contributed by atoms with Gasteiger partial charge in [0.1, 0.15) is 34.6 Å². The molecule has 0 bridgehead atoms. The maximum absolute atomic E-state index is 13.6. The number of carbonyl (C=O) groups is 4. The zero-order chi connectivity index (χ0) is 44.1. The van der Waals surface area contributed by atoms with Crippen molar-refractivity contribution in [1.29, 1.82) is 5.26 Å². The molecular formula is C50H38N4O9. The van der Waals surface area contributed by atoms with Crippen molar-refractivity contribution in [3.8, 4) is 29.1 Å². The highest BCUT2D eigenvalue weighted by atomic mass is 16.6. The summed E-state index contributed by atoms with van der Waals surface area (Å²) in [4.78, 5) is 54.5. The van der Waals surface area contributed by atoms with E-state index in [2.05, 4.69) is 10.2 Å². The first kappa shape index (κ1) is 41.4. The molecule has 6 aromatic carbocycles. The van der Waals surface area contributed by atoms with Crippen molar-refractivity contribution in [1.82, 2.24) is 0 Å². The van der Waals surface area contributed by atoms with Crippen LogP contribution in [0.4, 0.5) is 17.1 Å². The molecule has 13 nitrogen and oxygen atoms in total. The number of fused-ring (bicyclic) bond motifs is 6. The molecule has 8 rings (SSSR count). The summed E-state index contributed by atoms with van der Waals surface area (Å²) in [5.41, 5.74) is 3.45. The molecule has 0 amide bonds. The van der Waals surface area contributed by atoms with Crippen LogP contribution in [-0.4, -0.2) is 49.5 Å². The van der Waals surface area contributed by atoms with E-state index in [4.69, 9.17) is 18.9 Å². The molecule has 6 aromatic rings. The number of rotatable bonds is 13. The topological polar surface area (TPSA) is 177 Å². The molecular weight excluding hydrogens is 801 g/mol. The number of Topliss-reactive ketones (excluding diaryl/α,β-unsaturated/α-hetero) is 1. The number of esters is 3. The maximum Gasteiger partial charge on any atom is 0.348 e. The van der Waals surface area contributed by atoms with E-state index < -0.39 is 23.5 Å². The molecule has 0 saturated heterocycles. The van der Waals surface area contributed by atoms with Gasteiger partial charge in [0.15, 0.2) is 11.4 Å². The van der Waals surface area contributed by atoms with Crippen LogP contribution in [-0.2, 0) is 19.9 Å². The van der Waals surface area contributed by atoms with Gasteiger partial charge in [0.05, 0.1) is 29.1 Å². The fourth-order valence-electron chi connectivity index (χ4n) is 7.39. The molecule has 0 aliphatic carbocycles. The van der Waals surface area contributed by atoms with Crippen LogP contribution < -0.4 is 14.4 Å². The highest BCUT2D eigenvalue weighted by molar-refractivity contribution is 6.02. The second-order valence-electron chi connectivity index (χ2n) is 14.9. The predicted molar refractivity (Wildman–Crippen MR) is 232 cm³/mol. The molecule has 0 radical (unpaired) electrons. The van der Waals surface area contributed by atoms with E-state index in [0.717, 1.165) is 5.69 Å². The van der Waals surface area contributed by atoms with Crippen LogP contribution >= 0.6 is 0 Å². The van der Waals surface area contributed by atoms with Crippen molar-refractivity contribution in [2.24, 2.45) is 10.2 Å². The van der Waals surface area contributed by atoms with Gasteiger partial charge in [0, 0.05) is 60.6 Å². The summed E-state index contributed by atoms with van der Waals surface area (Å²) in [5, 5.41) is 28.7. The number of aromatic hydroxyl groups is 1. The molecule has 0 aromatic heterocycles. The number of phenols is 1. The number of ether oxygens (including phenoxy) is 4. The van der Waals surface area contributed by atoms with Crippen molar-refractivity contribution in [2.75, 3.05) is 25.6 Å². The fraction of sp³-hybridized carbons (Fsp3) is 0.140. The summed E-state index contributed by atoms with van der Waals surface area (Å²) in [6.07, 6.45) is 2.30. The monoisotopic (exact) mass is 838 g/mol. The molecule has 2 aliphatic heterocycles. The van der Waals surface area contributed by atoms with Crippen LogP contribution in [0.5, 0.6) is 23.0 Å². The molecule has 63 heavy (non-hydrogen) atoms. The molecule has 0 saturated carbocycles. The van der Waals surface area contributed by atoms with E-state index in [0.29, 0.717) is 52.0 Å². The second-order valence-corrected chi connectivity index (χ2v) is 14.9. The predicted octanol–water partition coefficient (Wildman–Crippen LogP) is 10.2. The number of unbranched alkanes of at least 4 members (excludes halogenated alkanes) is 1. The quantitative estimate of drug-likeness (QED) is 0.0223. The van der Waals surface area contributed by atoms with Gasteiger partial charge in [-0.3, -0.25) is 4.79 Å². The molecule has 2 heterocycles. The molecule has 1 unspecified atom stereocenters.